The highest BCUT2D eigenvalue weighted by Crippen LogP contribution is 2.26. The van der Waals surface area contributed by atoms with E-state index < -0.39 is 6.10 Å². The number of hydrogen-bond acceptors (Lipinski definition) is 5. The number of unbranched alkanes of at least 4 members (excludes halogenated alkanes) is 1. The van der Waals surface area contributed by atoms with Crippen molar-refractivity contribution in [3.05, 3.63) is 30.1 Å². The number of carbonyl (C=O) groups excluding carboxylic acids is 1. The van der Waals surface area contributed by atoms with Gasteiger partial charge in [0.1, 0.15) is 18.3 Å². The number of fused-ring (bicyclic) bond motifs is 1. The summed E-state index contributed by atoms with van der Waals surface area (Å²) >= 11 is 0. The number of ether oxygens (including phenoxy) is 2. The summed E-state index contributed by atoms with van der Waals surface area (Å²) in [6.07, 6.45) is 5.77. The molecule has 3 heterocycles. The summed E-state index contributed by atoms with van der Waals surface area (Å²) in [5, 5.41) is 12.6. The molecule has 0 radical (unpaired) electrons. The second kappa shape index (κ2) is 7.17. The van der Waals surface area contributed by atoms with E-state index in [1.807, 2.05) is 18.3 Å². The number of aryl methyl sites for hydroxylation is 1. The summed E-state index contributed by atoms with van der Waals surface area (Å²) in [5.41, 5.74) is 1.20. The van der Waals surface area contributed by atoms with Crippen molar-refractivity contribution in [1.29, 1.82) is 0 Å². The van der Waals surface area contributed by atoms with E-state index in [1.165, 1.54) is 5.56 Å². The molecule has 4 atom stereocenters. The van der Waals surface area contributed by atoms with Crippen LogP contribution in [0.15, 0.2) is 24.5 Å². The average molecular weight is 306 g/mol. The van der Waals surface area contributed by atoms with Crippen molar-refractivity contribution in [1.82, 2.24) is 10.3 Å². The quantitative estimate of drug-likeness (QED) is 0.745. The number of carbonyl (C=O) groups is 1. The van der Waals surface area contributed by atoms with Gasteiger partial charge in [0.2, 0.25) is 5.91 Å². The second-order valence-corrected chi connectivity index (χ2v) is 5.91. The number of rotatable bonds is 6. The van der Waals surface area contributed by atoms with Gasteiger partial charge in [0.15, 0.2) is 0 Å². The molecule has 0 bridgehead atoms. The Hall–Kier alpha value is -1.50. The molecule has 1 aromatic rings. The highest BCUT2D eigenvalue weighted by Gasteiger charge is 2.47. The normalized spacial score (nSPS) is 30.2. The number of nitrogens with one attached hydrogen (secondary N) is 1. The fraction of sp³-hybridized carbons (Fsp3) is 0.625. The Morgan fingerprint density at radius 3 is 3.00 bits per heavy atom. The van der Waals surface area contributed by atoms with E-state index in [4.69, 9.17) is 9.47 Å². The van der Waals surface area contributed by atoms with Gasteiger partial charge < -0.3 is 19.9 Å². The average Bonchev–Trinajstić information content (AvgIpc) is 3.09. The van der Waals surface area contributed by atoms with Crippen molar-refractivity contribution in [2.45, 2.75) is 50.0 Å². The van der Waals surface area contributed by atoms with E-state index >= 15 is 0 Å². The monoisotopic (exact) mass is 306 g/mol. The molecule has 0 unspecified atom stereocenters. The van der Waals surface area contributed by atoms with Gasteiger partial charge in [0, 0.05) is 18.8 Å². The Bertz CT molecular complexity index is 496. The number of pyridine rings is 1. The minimum absolute atomic E-state index is 0.0189. The van der Waals surface area contributed by atoms with E-state index in [9.17, 15) is 9.90 Å². The lowest BCUT2D eigenvalue weighted by Gasteiger charge is -2.17. The molecule has 0 aliphatic carbocycles. The summed E-state index contributed by atoms with van der Waals surface area (Å²) in [4.78, 5) is 16.1. The van der Waals surface area contributed by atoms with Crippen LogP contribution in [0.4, 0.5) is 0 Å². The molecular formula is C16H22N2O4. The molecule has 120 valence electrons. The summed E-state index contributed by atoms with van der Waals surface area (Å²) in [6.45, 7) is 0.695. The summed E-state index contributed by atoms with van der Waals surface area (Å²) in [6, 6.07) is 3.83. The standard InChI is InChI=1S/C16H22N2O4/c19-13-10-22-15-12(9-21-16(13)15)18-14(20)6-2-1-4-11-5-3-7-17-8-11/h3,5,7-8,12-13,15-16,19H,1-2,4,6,9-10H2,(H,18,20)/t12-,13+,15+,16+/m0/s1. The van der Waals surface area contributed by atoms with Crippen molar-refractivity contribution < 1.29 is 19.4 Å². The Kier molecular flexibility index (Phi) is 5.02. The third-order valence-electron chi connectivity index (χ3n) is 4.22. The number of aliphatic hydroxyl groups excluding tert-OH is 1. The van der Waals surface area contributed by atoms with E-state index in [-0.39, 0.29) is 30.8 Å². The first-order valence-electron chi connectivity index (χ1n) is 7.83. The van der Waals surface area contributed by atoms with Gasteiger partial charge in [-0.2, -0.15) is 0 Å². The molecule has 2 fully saturated rings. The molecule has 2 aliphatic heterocycles. The van der Waals surface area contributed by atoms with Crippen molar-refractivity contribution in [2.24, 2.45) is 0 Å². The predicted octanol–water partition coefficient (Wildman–Crippen LogP) is 0.438. The smallest absolute Gasteiger partial charge is 0.220 e. The fourth-order valence-electron chi connectivity index (χ4n) is 3.04. The number of aliphatic hydroxyl groups is 1. The third-order valence-corrected chi connectivity index (χ3v) is 4.22. The van der Waals surface area contributed by atoms with Crippen LogP contribution in [0.1, 0.15) is 24.8 Å². The Balaban J connectivity index is 1.35. The zero-order valence-corrected chi connectivity index (χ0v) is 12.5. The van der Waals surface area contributed by atoms with Gasteiger partial charge in [-0.1, -0.05) is 6.07 Å². The Morgan fingerprint density at radius 2 is 2.18 bits per heavy atom. The van der Waals surface area contributed by atoms with Crippen LogP contribution in [-0.2, 0) is 20.7 Å². The van der Waals surface area contributed by atoms with Crippen LogP contribution in [0.5, 0.6) is 0 Å². The van der Waals surface area contributed by atoms with Gasteiger partial charge >= 0.3 is 0 Å². The first kappa shape index (κ1) is 15.4. The zero-order chi connectivity index (χ0) is 15.4. The molecule has 1 amide bonds. The molecular weight excluding hydrogens is 284 g/mol. The van der Waals surface area contributed by atoms with Crippen LogP contribution in [0.3, 0.4) is 0 Å². The molecule has 2 N–H and O–H groups in total. The summed E-state index contributed by atoms with van der Waals surface area (Å²) in [7, 11) is 0. The SMILES string of the molecule is O=C(CCCCc1cccnc1)N[C@H]1CO[C@H]2[C@@H]1OC[C@H]2O. The molecule has 2 saturated heterocycles. The minimum Gasteiger partial charge on any atom is -0.388 e. The van der Waals surface area contributed by atoms with Crippen LogP contribution < -0.4 is 5.32 Å². The summed E-state index contributed by atoms with van der Waals surface area (Å²) in [5.74, 6) is 0.0189. The van der Waals surface area contributed by atoms with Crippen LogP contribution in [0.25, 0.3) is 0 Å². The number of nitrogens with zero attached hydrogens (tertiary/aromatic N) is 1. The Morgan fingerprint density at radius 1 is 1.32 bits per heavy atom. The van der Waals surface area contributed by atoms with Gasteiger partial charge in [0.05, 0.1) is 19.3 Å². The molecule has 0 spiro atoms. The number of aromatic nitrogens is 1. The van der Waals surface area contributed by atoms with Crippen LogP contribution in [0, 0.1) is 0 Å². The second-order valence-electron chi connectivity index (χ2n) is 5.91. The largest absolute Gasteiger partial charge is 0.388 e. The Labute approximate surface area is 129 Å². The van der Waals surface area contributed by atoms with Gasteiger partial charge in [-0.05, 0) is 30.9 Å². The van der Waals surface area contributed by atoms with Crippen LogP contribution in [-0.4, -0.2) is 53.6 Å². The van der Waals surface area contributed by atoms with Crippen molar-refractivity contribution in [3.8, 4) is 0 Å². The highest BCUT2D eigenvalue weighted by molar-refractivity contribution is 5.76. The molecule has 3 rings (SSSR count). The summed E-state index contributed by atoms with van der Waals surface area (Å²) < 4.78 is 11.0. The number of hydrogen-bond donors (Lipinski definition) is 2. The molecule has 6 heteroatoms. The van der Waals surface area contributed by atoms with E-state index in [1.54, 1.807) is 6.20 Å². The molecule has 2 aliphatic rings. The first-order chi connectivity index (χ1) is 10.7. The molecule has 0 aromatic carbocycles. The molecule has 6 nitrogen and oxygen atoms in total. The lowest BCUT2D eigenvalue weighted by molar-refractivity contribution is -0.122. The van der Waals surface area contributed by atoms with Crippen LogP contribution >= 0.6 is 0 Å². The first-order valence-corrected chi connectivity index (χ1v) is 7.83. The number of amides is 1. The maximum absolute atomic E-state index is 12.0. The van der Waals surface area contributed by atoms with E-state index in [2.05, 4.69) is 10.3 Å². The van der Waals surface area contributed by atoms with Crippen molar-refractivity contribution in [2.75, 3.05) is 13.2 Å². The van der Waals surface area contributed by atoms with Crippen LogP contribution in [0.2, 0.25) is 0 Å². The predicted molar refractivity (Wildman–Crippen MR) is 79.2 cm³/mol. The molecule has 0 saturated carbocycles. The maximum Gasteiger partial charge on any atom is 0.220 e. The molecule has 1 aromatic heterocycles. The maximum atomic E-state index is 12.0. The van der Waals surface area contributed by atoms with Crippen molar-refractivity contribution in [3.63, 3.8) is 0 Å². The zero-order valence-electron chi connectivity index (χ0n) is 12.5. The minimum atomic E-state index is -0.577. The lowest BCUT2D eigenvalue weighted by atomic mass is 10.1. The van der Waals surface area contributed by atoms with E-state index in [0.717, 1.165) is 19.3 Å². The topological polar surface area (TPSA) is 80.7 Å². The van der Waals surface area contributed by atoms with E-state index in [0.29, 0.717) is 13.0 Å². The third kappa shape index (κ3) is 3.63. The van der Waals surface area contributed by atoms with Gasteiger partial charge in [-0.3, -0.25) is 9.78 Å². The van der Waals surface area contributed by atoms with Gasteiger partial charge in [0.25, 0.3) is 0 Å². The lowest BCUT2D eigenvalue weighted by Crippen LogP contribution is -2.44. The fourth-order valence-corrected chi connectivity index (χ4v) is 3.04. The van der Waals surface area contributed by atoms with Crippen molar-refractivity contribution >= 4 is 5.91 Å². The highest BCUT2D eigenvalue weighted by atomic mass is 16.6. The van der Waals surface area contributed by atoms with Gasteiger partial charge in [-0.25, -0.2) is 0 Å². The molecule has 22 heavy (non-hydrogen) atoms. The van der Waals surface area contributed by atoms with Gasteiger partial charge in [-0.15, -0.1) is 0 Å².